The third-order valence-electron chi connectivity index (χ3n) is 4.12. The van der Waals surface area contributed by atoms with E-state index >= 15 is 0 Å². The first-order valence-electron chi connectivity index (χ1n) is 7.88. The second-order valence-electron chi connectivity index (χ2n) is 5.96. The summed E-state index contributed by atoms with van der Waals surface area (Å²) in [6.45, 7) is 4.91. The molecule has 2 N–H and O–H groups in total. The van der Waals surface area contributed by atoms with E-state index in [0.29, 0.717) is 23.0 Å². The molecule has 2 unspecified atom stereocenters. The Morgan fingerprint density at radius 1 is 1.14 bits per heavy atom. The van der Waals surface area contributed by atoms with Gasteiger partial charge in [-0.3, -0.25) is 0 Å². The van der Waals surface area contributed by atoms with Gasteiger partial charge < -0.3 is 5.32 Å². The van der Waals surface area contributed by atoms with Crippen molar-refractivity contribution in [3.63, 3.8) is 0 Å². The zero-order valence-corrected chi connectivity index (χ0v) is 13.7. The standard InChI is InChI=1S/C16H26N2O2S/c1-3-17-15-9-4-5-10-16(15)21(19,20)18-14-8-6-7-13(2)11-12-14/h4-5,9-10,13-14,17-18H,3,6-8,11-12H2,1-2H3. The largest absolute Gasteiger partial charge is 0.384 e. The molecule has 0 radical (unpaired) electrons. The lowest BCUT2D eigenvalue weighted by Gasteiger charge is -2.18. The van der Waals surface area contributed by atoms with Crippen molar-refractivity contribution in [1.82, 2.24) is 4.72 Å². The minimum absolute atomic E-state index is 0.0645. The molecule has 118 valence electrons. The Labute approximate surface area is 128 Å². The first-order chi connectivity index (χ1) is 10.0. The van der Waals surface area contributed by atoms with Gasteiger partial charge in [0.05, 0.1) is 5.69 Å². The van der Waals surface area contributed by atoms with Gasteiger partial charge in [0.15, 0.2) is 0 Å². The highest BCUT2D eigenvalue weighted by Crippen LogP contribution is 2.25. The van der Waals surface area contributed by atoms with Crippen molar-refractivity contribution in [1.29, 1.82) is 0 Å². The number of nitrogens with one attached hydrogen (secondary N) is 2. The van der Waals surface area contributed by atoms with Gasteiger partial charge in [0.2, 0.25) is 10.0 Å². The van der Waals surface area contributed by atoms with Crippen molar-refractivity contribution in [2.75, 3.05) is 11.9 Å². The molecule has 2 atom stereocenters. The van der Waals surface area contributed by atoms with E-state index in [1.807, 2.05) is 19.1 Å². The van der Waals surface area contributed by atoms with Crippen molar-refractivity contribution >= 4 is 15.7 Å². The summed E-state index contributed by atoms with van der Waals surface area (Å²) < 4.78 is 28.2. The molecule has 0 aliphatic heterocycles. The maximum Gasteiger partial charge on any atom is 0.242 e. The Morgan fingerprint density at radius 3 is 2.67 bits per heavy atom. The zero-order chi connectivity index (χ0) is 15.3. The summed E-state index contributed by atoms with van der Waals surface area (Å²) >= 11 is 0. The van der Waals surface area contributed by atoms with Crippen molar-refractivity contribution in [2.24, 2.45) is 5.92 Å². The summed E-state index contributed by atoms with van der Waals surface area (Å²) in [5.41, 5.74) is 0.675. The van der Waals surface area contributed by atoms with E-state index in [2.05, 4.69) is 17.0 Å². The predicted octanol–water partition coefficient (Wildman–Crippen LogP) is 3.37. The van der Waals surface area contributed by atoms with Crippen LogP contribution in [0.3, 0.4) is 0 Å². The van der Waals surface area contributed by atoms with Gasteiger partial charge >= 0.3 is 0 Å². The van der Waals surface area contributed by atoms with Crippen LogP contribution in [-0.2, 0) is 10.0 Å². The van der Waals surface area contributed by atoms with Crippen LogP contribution in [0.15, 0.2) is 29.2 Å². The van der Waals surface area contributed by atoms with Gasteiger partial charge in [-0.15, -0.1) is 0 Å². The van der Waals surface area contributed by atoms with Crippen LogP contribution in [0.25, 0.3) is 0 Å². The number of sulfonamides is 1. The molecule has 5 heteroatoms. The molecule has 0 heterocycles. The van der Waals surface area contributed by atoms with Gasteiger partial charge in [-0.1, -0.05) is 31.9 Å². The quantitative estimate of drug-likeness (QED) is 0.820. The van der Waals surface area contributed by atoms with Crippen LogP contribution in [0.4, 0.5) is 5.69 Å². The van der Waals surface area contributed by atoms with Gasteiger partial charge in [0, 0.05) is 12.6 Å². The van der Waals surface area contributed by atoms with Gasteiger partial charge in [-0.25, -0.2) is 13.1 Å². The molecular formula is C16H26N2O2S. The van der Waals surface area contributed by atoms with Crippen molar-refractivity contribution in [3.05, 3.63) is 24.3 Å². The first-order valence-corrected chi connectivity index (χ1v) is 9.36. The number of hydrogen-bond donors (Lipinski definition) is 2. The van der Waals surface area contributed by atoms with E-state index in [-0.39, 0.29) is 6.04 Å². The Balaban J connectivity index is 2.14. The molecule has 0 saturated heterocycles. The maximum absolute atomic E-state index is 12.6. The van der Waals surface area contributed by atoms with Crippen LogP contribution in [0.1, 0.15) is 46.0 Å². The summed E-state index contributed by atoms with van der Waals surface area (Å²) in [5, 5.41) is 3.12. The molecule has 1 aromatic carbocycles. The number of para-hydroxylation sites is 1. The Bertz CT molecular complexity index is 557. The smallest absolute Gasteiger partial charge is 0.242 e. The molecule has 1 fully saturated rings. The summed E-state index contributed by atoms with van der Waals surface area (Å²) in [4.78, 5) is 0.351. The highest BCUT2D eigenvalue weighted by Gasteiger charge is 2.24. The van der Waals surface area contributed by atoms with Gasteiger partial charge in [-0.2, -0.15) is 0 Å². The van der Waals surface area contributed by atoms with Crippen molar-refractivity contribution < 1.29 is 8.42 Å². The monoisotopic (exact) mass is 310 g/mol. The summed E-state index contributed by atoms with van der Waals surface area (Å²) in [6.07, 6.45) is 5.27. The molecule has 0 bridgehead atoms. The third-order valence-corrected chi connectivity index (χ3v) is 5.70. The normalized spacial score (nSPS) is 23.5. The molecule has 1 aromatic rings. The van der Waals surface area contributed by atoms with Gasteiger partial charge in [0.1, 0.15) is 4.90 Å². The van der Waals surface area contributed by atoms with Crippen LogP contribution >= 0.6 is 0 Å². The Kier molecular flexibility index (Phi) is 5.65. The molecule has 1 aliphatic carbocycles. The van der Waals surface area contributed by atoms with Gasteiger partial charge in [-0.05, 0) is 44.2 Å². The third kappa shape index (κ3) is 4.45. The topological polar surface area (TPSA) is 58.2 Å². The van der Waals surface area contributed by atoms with Crippen molar-refractivity contribution in [2.45, 2.75) is 56.9 Å². The second-order valence-corrected chi connectivity index (χ2v) is 7.64. The van der Waals surface area contributed by atoms with Crippen LogP contribution < -0.4 is 10.0 Å². The average molecular weight is 310 g/mol. The minimum atomic E-state index is -3.46. The highest BCUT2D eigenvalue weighted by atomic mass is 32.2. The summed E-state index contributed by atoms with van der Waals surface area (Å²) in [6, 6.07) is 7.16. The molecule has 0 spiro atoms. The first kappa shape index (κ1) is 16.3. The molecule has 1 saturated carbocycles. The summed E-state index contributed by atoms with van der Waals surface area (Å²) in [5.74, 6) is 0.702. The molecule has 0 amide bonds. The number of benzene rings is 1. The molecule has 21 heavy (non-hydrogen) atoms. The molecule has 2 rings (SSSR count). The SMILES string of the molecule is CCNc1ccccc1S(=O)(=O)NC1CCCC(C)CC1. The lowest BCUT2D eigenvalue weighted by molar-refractivity contribution is 0.484. The Hall–Kier alpha value is -1.07. The minimum Gasteiger partial charge on any atom is -0.384 e. The van der Waals surface area contributed by atoms with Crippen molar-refractivity contribution in [3.8, 4) is 0 Å². The van der Waals surface area contributed by atoms with Crippen LogP contribution in [-0.4, -0.2) is 21.0 Å². The predicted molar refractivity (Wildman–Crippen MR) is 87.0 cm³/mol. The van der Waals surface area contributed by atoms with Crippen LogP contribution in [0.2, 0.25) is 0 Å². The number of rotatable bonds is 5. The highest BCUT2D eigenvalue weighted by molar-refractivity contribution is 7.89. The molecule has 0 aromatic heterocycles. The van der Waals surface area contributed by atoms with Gasteiger partial charge in [0.25, 0.3) is 0 Å². The van der Waals surface area contributed by atoms with Crippen LogP contribution in [0.5, 0.6) is 0 Å². The van der Waals surface area contributed by atoms with E-state index in [1.54, 1.807) is 12.1 Å². The zero-order valence-electron chi connectivity index (χ0n) is 12.9. The molecule has 4 nitrogen and oxygen atoms in total. The lowest BCUT2D eigenvalue weighted by atomic mass is 10.0. The summed E-state index contributed by atoms with van der Waals surface area (Å²) in [7, 11) is -3.46. The van der Waals surface area contributed by atoms with E-state index in [4.69, 9.17) is 0 Å². The van der Waals surface area contributed by atoms with E-state index in [1.165, 1.54) is 6.42 Å². The Morgan fingerprint density at radius 2 is 1.90 bits per heavy atom. The molecule has 1 aliphatic rings. The fraction of sp³-hybridized carbons (Fsp3) is 0.625. The fourth-order valence-corrected chi connectivity index (χ4v) is 4.41. The fourth-order valence-electron chi connectivity index (χ4n) is 2.93. The molecular weight excluding hydrogens is 284 g/mol. The number of anilines is 1. The lowest BCUT2D eigenvalue weighted by Crippen LogP contribution is -2.34. The maximum atomic E-state index is 12.6. The second kappa shape index (κ2) is 7.27. The number of hydrogen-bond acceptors (Lipinski definition) is 3. The van der Waals surface area contributed by atoms with E-state index in [9.17, 15) is 8.42 Å². The average Bonchev–Trinajstić information content (AvgIpc) is 2.64. The van der Waals surface area contributed by atoms with Crippen LogP contribution in [0, 0.1) is 5.92 Å². The van der Waals surface area contributed by atoms with E-state index in [0.717, 1.165) is 25.7 Å². The van der Waals surface area contributed by atoms with E-state index < -0.39 is 10.0 Å².